The van der Waals surface area contributed by atoms with E-state index < -0.39 is 0 Å². The highest BCUT2D eigenvalue weighted by atomic mass is 16.5. The number of hydrogen-bond donors (Lipinski definition) is 0. The number of ether oxygens (including phenoxy) is 1. The molecular weight excluding hydrogens is 138 g/mol. The molecule has 1 rings (SSSR count). The third kappa shape index (κ3) is 1.74. The first-order valence-corrected chi connectivity index (χ1v) is 4.52. The van der Waals surface area contributed by atoms with Gasteiger partial charge >= 0.3 is 0 Å². The summed E-state index contributed by atoms with van der Waals surface area (Å²) in [6.07, 6.45) is 1.61. The van der Waals surface area contributed by atoms with Gasteiger partial charge in [0.2, 0.25) is 0 Å². The zero-order valence-corrected chi connectivity index (χ0v) is 8.13. The molecule has 1 heterocycles. The van der Waals surface area contributed by atoms with Crippen molar-refractivity contribution in [2.45, 2.75) is 32.4 Å². The summed E-state index contributed by atoms with van der Waals surface area (Å²) in [6.45, 7) is 6.56. The summed E-state index contributed by atoms with van der Waals surface area (Å²) >= 11 is 0. The fourth-order valence-electron chi connectivity index (χ4n) is 1.69. The Labute approximate surface area is 69.7 Å². The normalized spacial score (nSPS) is 37.1. The van der Waals surface area contributed by atoms with Gasteiger partial charge in [0.05, 0.1) is 20.7 Å². The molecule has 1 aliphatic heterocycles. The lowest BCUT2D eigenvalue weighted by atomic mass is 10.1. The molecule has 0 spiro atoms. The van der Waals surface area contributed by atoms with E-state index in [4.69, 9.17) is 4.74 Å². The Balaban J connectivity index is 2.60. The van der Waals surface area contributed by atoms with Crippen molar-refractivity contribution in [3.05, 3.63) is 0 Å². The molecule has 2 atom stereocenters. The smallest absolute Gasteiger partial charge is 0.112 e. The molecule has 0 aliphatic carbocycles. The Bertz CT molecular complexity index is 134. The number of hydrogen-bond acceptors (Lipinski definition) is 1. The van der Waals surface area contributed by atoms with Gasteiger partial charge in [-0.3, -0.25) is 0 Å². The summed E-state index contributed by atoms with van der Waals surface area (Å²) in [6, 6.07) is 0.647. The van der Waals surface area contributed by atoms with Crippen LogP contribution in [0.25, 0.3) is 0 Å². The molecule has 0 radical (unpaired) electrons. The van der Waals surface area contributed by atoms with E-state index in [0.717, 1.165) is 24.1 Å². The van der Waals surface area contributed by atoms with Crippen LogP contribution >= 0.6 is 0 Å². The van der Waals surface area contributed by atoms with Crippen LogP contribution in [0, 0.1) is 0 Å². The Kier molecular flexibility index (Phi) is 2.55. The van der Waals surface area contributed by atoms with Crippen molar-refractivity contribution in [3.8, 4) is 0 Å². The van der Waals surface area contributed by atoms with Crippen LogP contribution < -0.4 is 0 Å². The molecule has 0 amide bonds. The predicted octanol–water partition coefficient (Wildman–Crippen LogP) is 1.26. The van der Waals surface area contributed by atoms with Gasteiger partial charge < -0.3 is 9.22 Å². The zero-order chi connectivity index (χ0) is 8.48. The second-order valence-electron chi connectivity index (χ2n) is 4.06. The minimum atomic E-state index is 0.471. The molecule has 0 aromatic carbocycles. The molecule has 1 fully saturated rings. The van der Waals surface area contributed by atoms with E-state index in [1.165, 1.54) is 0 Å². The highest BCUT2D eigenvalue weighted by Crippen LogP contribution is 2.20. The van der Waals surface area contributed by atoms with Gasteiger partial charge in [0.15, 0.2) is 0 Å². The molecule has 0 N–H and O–H groups in total. The van der Waals surface area contributed by atoms with Crippen molar-refractivity contribution < 1.29 is 9.22 Å². The number of nitrogens with zero attached hydrogens (tertiary/aromatic N) is 1. The number of rotatable bonds is 1. The van der Waals surface area contributed by atoms with Crippen LogP contribution in [0.2, 0.25) is 0 Å². The molecule has 1 aliphatic rings. The van der Waals surface area contributed by atoms with E-state index in [0.29, 0.717) is 12.1 Å². The van der Waals surface area contributed by atoms with Crippen molar-refractivity contribution in [3.63, 3.8) is 0 Å². The first kappa shape index (κ1) is 9.01. The number of likely N-dealkylation sites (N-methyl/N-ethyl adjacent to an activating group) is 1. The highest BCUT2D eigenvalue weighted by Gasteiger charge is 2.35. The number of morpholine rings is 1. The van der Waals surface area contributed by atoms with Crippen molar-refractivity contribution >= 4 is 0 Å². The first-order chi connectivity index (χ1) is 5.08. The van der Waals surface area contributed by atoms with Crippen LogP contribution in [-0.2, 0) is 4.74 Å². The summed E-state index contributed by atoms with van der Waals surface area (Å²) in [5.74, 6) is 0. The van der Waals surface area contributed by atoms with Gasteiger partial charge in [-0.2, -0.15) is 0 Å². The Hall–Kier alpha value is -0.0800. The highest BCUT2D eigenvalue weighted by molar-refractivity contribution is 4.68. The standard InChI is InChI=1S/C9H20NO/c1-5-9-8(2)10(3,4)6-7-11-9/h8-9H,5-7H2,1-4H3/q+1. The quantitative estimate of drug-likeness (QED) is 0.522. The second-order valence-corrected chi connectivity index (χ2v) is 4.06. The second kappa shape index (κ2) is 3.11. The van der Waals surface area contributed by atoms with Gasteiger partial charge in [-0.05, 0) is 13.3 Å². The monoisotopic (exact) mass is 158 g/mol. The van der Waals surface area contributed by atoms with E-state index in [2.05, 4.69) is 27.9 Å². The molecular formula is C9H20NO+. The fourth-order valence-corrected chi connectivity index (χ4v) is 1.69. The predicted molar refractivity (Wildman–Crippen MR) is 46.5 cm³/mol. The van der Waals surface area contributed by atoms with Crippen molar-refractivity contribution in [2.75, 3.05) is 27.2 Å². The van der Waals surface area contributed by atoms with Gasteiger partial charge in [-0.1, -0.05) is 6.92 Å². The minimum absolute atomic E-state index is 0.471. The molecule has 0 aromatic heterocycles. The third-order valence-corrected chi connectivity index (χ3v) is 3.04. The average Bonchev–Trinajstić information content (AvgIpc) is 1.95. The van der Waals surface area contributed by atoms with Crippen LogP contribution in [0.5, 0.6) is 0 Å². The zero-order valence-electron chi connectivity index (χ0n) is 8.13. The minimum Gasteiger partial charge on any atom is -0.366 e. The first-order valence-electron chi connectivity index (χ1n) is 4.52. The maximum atomic E-state index is 5.66. The van der Waals surface area contributed by atoms with Gasteiger partial charge in [0.1, 0.15) is 18.7 Å². The maximum Gasteiger partial charge on any atom is 0.112 e. The molecule has 0 bridgehead atoms. The van der Waals surface area contributed by atoms with Crippen LogP contribution in [0.1, 0.15) is 20.3 Å². The van der Waals surface area contributed by atoms with E-state index in [9.17, 15) is 0 Å². The Morgan fingerprint density at radius 1 is 1.45 bits per heavy atom. The maximum absolute atomic E-state index is 5.66. The molecule has 0 saturated carbocycles. The summed E-state index contributed by atoms with van der Waals surface area (Å²) in [5, 5.41) is 0. The van der Waals surface area contributed by atoms with Gasteiger partial charge in [0.25, 0.3) is 0 Å². The molecule has 66 valence electrons. The van der Waals surface area contributed by atoms with Crippen LogP contribution in [-0.4, -0.2) is 43.9 Å². The van der Waals surface area contributed by atoms with Crippen LogP contribution in [0.4, 0.5) is 0 Å². The molecule has 2 heteroatoms. The molecule has 0 aromatic rings. The molecule has 1 saturated heterocycles. The van der Waals surface area contributed by atoms with Crippen molar-refractivity contribution in [2.24, 2.45) is 0 Å². The SMILES string of the molecule is CCC1OCC[N+](C)(C)C1C. The Morgan fingerprint density at radius 3 is 2.55 bits per heavy atom. The van der Waals surface area contributed by atoms with Gasteiger partial charge in [0, 0.05) is 0 Å². The molecule has 2 nitrogen and oxygen atoms in total. The summed E-state index contributed by atoms with van der Waals surface area (Å²) < 4.78 is 6.77. The summed E-state index contributed by atoms with van der Waals surface area (Å²) in [4.78, 5) is 0. The third-order valence-electron chi connectivity index (χ3n) is 3.04. The van der Waals surface area contributed by atoms with Crippen molar-refractivity contribution in [1.29, 1.82) is 0 Å². The van der Waals surface area contributed by atoms with Crippen LogP contribution in [0.15, 0.2) is 0 Å². The molecule has 2 unspecified atom stereocenters. The largest absolute Gasteiger partial charge is 0.366 e. The lowest BCUT2D eigenvalue weighted by Gasteiger charge is -2.43. The van der Waals surface area contributed by atoms with E-state index in [1.54, 1.807) is 0 Å². The topological polar surface area (TPSA) is 9.23 Å². The lowest BCUT2D eigenvalue weighted by molar-refractivity contribution is -0.925. The van der Waals surface area contributed by atoms with E-state index in [-0.39, 0.29) is 0 Å². The Morgan fingerprint density at radius 2 is 2.09 bits per heavy atom. The van der Waals surface area contributed by atoms with Gasteiger partial charge in [-0.25, -0.2) is 0 Å². The summed E-state index contributed by atoms with van der Waals surface area (Å²) in [7, 11) is 4.58. The van der Waals surface area contributed by atoms with Crippen molar-refractivity contribution in [1.82, 2.24) is 0 Å². The van der Waals surface area contributed by atoms with Crippen LogP contribution in [0.3, 0.4) is 0 Å². The van der Waals surface area contributed by atoms with E-state index in [1.807, 2.05) is 0 Å². The summed E-state index contributed by atoms with van der Waals surface area (Å²) in [5.41, 5.74) is 0. The number of quaternary nitrogens is 1. The average molecular weight is 158 g/mol. The lowest BCUT2D eigenvalue weighted by Crippen LogP contribution is -2.58. The molecule has 11 heavy (non-hydrogen) atoms. The fraction of sp³-hybridized carbons (Fsp3) is 1.00. The van der Waals surface area contributed by atoms with Gasteiger partial charge in [-0.15, -0.1) is 0 Å². The van der Waals surface area contributed by atoms with E-state index >= 15 is 0 Å².